The molecule has 12 nitrogen and oxygen atoms in total. The van der Waals surface area contributed by atoms with Crippen LogP contribution in [0.5, 0.6) is 0 Å². The molecule has 0 spiro atoms. The Morgan fingerprint density at radius 1 is 0.204 bits per heavy atom. The van der Waals surface area contributed by atoms with Gasteiger partial charge in [-0.3, -0.25) is 59.9 Å². The van der Waals surface area contributed by atoms with E-state index in [0.29, 0.717) is 0 Å². The molecular weight excluding hydrogens is 1320 g/mol. The van der Waals surface area contributed by atoms with Crippen molar-refractivity contribution in [3.05, 3.63) is 360 Å². The molecule has 0 aliphatic heterocycles. The second-order valence-corrected chi connectivity index (χ2v) is 19.6. The zero-order chi connectivity index (χ0) is 59.2. The van der Waals surface area contributed by atoms with Crippen molar-refractivity contribution in [1.82, 2.24) is 29.9 Å². The maximum absolute atomic E-state index is 4.54. The summed E-state index contributed by atoms with van der Waals surface area (Å²) in [7, 11) is 0. The van der Waals surface area contributed by atoms with Gasteiger partial charge in [-0.05, 0) is 198 Å². The Bertz CT molecular complexity index is 3560. The van der Waals surface area contributed by atoms with Crippen LogP contribution in [0.25, 0.3) is 0 Å². The molecule has 6 heterocycles. The van der Waals surface area contributed by atoms with E-state index in [1.165, 1.54) is 33.4 Å². The Hall–Kier alpha value is -9.56. The van der Waals surface area contributed by atoms with Crippen LogP contribution < -0.4 is 49.6 Å². The topological polar surface area (TPSA) is 152 Å². The maximum Gasteiger partial charge on any atom is 2.00 e. The van der Waals surface area contributed by atoms with Gasteiger partial charge >= 0.3 is 34.1 Å². The van der Waals surface area contributed by atoms with E-state index in [-0.39, 0.29) is 83.8 Å². The molecule has 0 saturated carbocycles. The van der Waals surface area contributed by atoms with E-state index in [0.717, 1.165) is 87.6 Å². The molecule has 6 aromatic carbocycles. The van der Waals surface area contributed by atoms with Gasteiger partial charge < -0.3 is 49.6 Å². The van der Waals surface area contributed by atoms with Crippen molar-refractivity contribution in [2.75, 3.05) is 0 Å². The molecule has 6 aromatic heterocycles. The second-order valence-electron chi connectivity index (χ2n) is 19.6. The van der Waals surface area contributed by atoms with E-state index in [1.807, 2.05) is 182 Å². The maximum atomic E-state index is 4.54. The van der Waals surface area contributed by atoms with E-state index >= 15 is 0 Å². The molecule has 93 heavy (non-hydrogen) atoms. The zero-order valence-electron chi connectivity index (χ0n) is 49.9. The predicted octanol–water partition coefficient (Wildman–Crippen LogP) is 4.72. The number of aromatic nitrogens is 6. The average Bonchev–Trinajstić information content (AvgIpc) is 2.78. The van der Waals surface area contributed by atoms with E-state index in [1.54, 1.807) is 74.5 Å². The Labute approximate surface area is 589 Å². The Morgan fingerprint density at radius 3 is 0.505 bits per heavy atom. The Balaban J connectivity index is 0.000000288. The fourth-order valence-corrected chi connectivity index (χ4v) is 8.75. The predicted molar refractivity (Wildman–Crippen MR) is 356 cm³/mol. The van der Waals surface area contributed by atoms with Crippen LogP contribution in [-0.2, 0) is 53.4 Å². The number of halogens is 4. The van der Waals surface area contributed by atoms with Crippen molar-refractivity contribution >= 4 is 71.4 Å². The van der Waals surface area contributed by atoms with Crippen molar-refractivity contribution < 1.29 is 83.8 Å². The van der Waals surface area contributed by atoms with Gasteiger partial charge in [0, 0.05) is 37.2 Å². The summed E-state index contributed by atoms with van der Waals surface area (Å²) < 4.78 is 0. The third-order valence-electron chi connectivity index (χ3n) is 12.9. The molecule has 0 aliphatic rings. The summed E-state index contributed by atoms with van der Waals surface area (Å²) in [5.74, 6) is 0. The molecule has 0 saturated heterocycles. The van der Waals surface area contributed by atoms with Crippen molar-refractivity contribution in [3.8, 4) is 0 Å². The molecule has 0 amide bonds. The van der Waals surface area contributed by atoms with Gasteiger partial charge in [0.05, 0.1) is 106 Å². The van der Waals surface area contributed by atoms with Crippen LogP contribution in [-0.4, -0.2) is 67.2 Å². The van der Waals surface area contributed by atoms with Crippen LogP contribution >= 0.6 is 0 Å². The molecule has 12 aromatic rings. The molecule has 0 N–H and O–H groups in total. The number of pyridine rings is 6. The van der Waals surface area contributed by atoms with Gasteiger partial charge in [0.15, 0.2) is 0 Å². The number of rotatable bonds is 18. The minimum atomic E-state index is 0. The van der Waals surface area contributed by atoms with E-state index in [2.05, 4.69) is 133 Å². The van der Waals surface area contributed by atoms with Crippen LogP contribution in [0.1, 0.15) is 67.5 Å². The third kappa shape index (κ3) is 27.0. The minimum absolute atomic E-state index is 0. The smallest absolute Gasteiger partial charge is 1.00 e. The van der Waals surface area contributed by atoms with Crippen LogP contribution in [0.15, 0.2) is 322 Å². The molecule has 0 fully saturated rings. The first-order valence-electron chi connectivity index (χ1n) is 28.3. The Kier molecular flexibility index (Phi) is 34.7. The third-order valence-corrected chi connectivity index (χ3v) is 12.9. The van der Waals surface area contributed by atoms with Crippen molar-refractivity contribution in [2.24, 2.45) is 30.0 Å². The summed E-state index contributed by atoms with van der Waals surface area (Å²) in [6.45, 7) is 0. The molecule has 464 valence electrons. The van der Waals surface area contributed by atoms with Crippen LogP contribution in [0, 0.1) is 0 Å². The van der Waals surface area contributed by atoms with Gasteiger partial charge in [-0.15, -0.1) is 0 Å². The minimum Gasteiger partial charge on any atom is -1.00 e. The van der Waals surface area contributed by atoms with E-state index < -0.39 is 0 Å². The molecule has 0 unspecified atom stereocenters. The first kappa shape index (κ1) is 75.9. The van der Waals surface area contributed by atoms with Gasteiger partial charge in [0.25, 0.3) is 0 Å². The Morgan fingerprint density at radius 2 is 0.366 bits per heavy atom. The summed E-state index contributed by atoms with van der Waals surface area (Å²) in [6.07, 6.45) is 23.8. The SMILES string of the molecule is C(=Nc1cccc(Cc2cccc(N=Cc3ccccn3)c2)c1)c1ccccn1.C(=Nc1cccc(Cc2cccc(N=Cc3ccccn3)c2)c1)c1ccccn1.C(=Nc1cccc(Cc2cccc(N=Cc3ccccn3)c2)c1)c1ccccn1.[Cl-].[Cl-].[Cl-].[Cl-].[Fe+2].[Fe+2]. The number of nitrogens with zero attached hydrogens (tertiary/aromatic N) is 12. The van der Waals surface area contributed by atoms with Gasteiger partial charge in [-0.2, -0.15) is 0 Å². The van der Waals surface area contributed by atoms with Crippen molar-refractivity contribution in [2.45, 2.75) is 19.3 Å². The normalized spacial score (nSPS) is 10.6. The molecule has 0 radical (unpaired) electrons. The van der Waals surface area contributed by atoms with E-state index in [4.69, 9.17) is 0 Å². The first-order valence-corrected chi connectivity index (χ1v) is 28.3. The molecule has 0 atom stereocenters. The fraction of sp³-hybridized carbons (Fsp3) is 0.0400. The van der Waals surface area contributed by atoms with Crippen molar-refractivity contribution in [3.63, 3.8) is 0 Å². The summed E-state index contributed by atoms with van der Waals surface area (Å²) in [6, 6.07) is 84.2. The van der Waals surface area contributed by atoms with Gasteiger partial charge in [-0.25, -0.2) is 0 Å². The molecule has 0 aliphatic carbocycles. The number of benzene rings is 6. The molecule has 18 heteroatoms. The van der Waals surface area contributed by atoms with Crippen LogP contribution in [0.3, 0.4) is 0 Å². The van der Waals surface area contributed by atoms with Crippen LogP contribution in [0.2, 0.25) is 0 Å². The summed E-state index contributed by atoms with van der Waals surface area (Å²) >= 11 is 0. The molecular formula is C75H60Cl4Fe2N12. The second kappa shape index (κ2) is 42.5. The molecule has 12 rings (SSSR count). The summed E-state index contributed by atoms with van der Waals surface area (Å²) in [5.41, 5.74) is 17.8. The summed E-state index contributed by atoms with van der Waals surface area (Å²) in [5, 5.41) is 0. The number of aliphatic imine (C=N–C) groups is 6. The van der Waals surface area contributed by atoms with Gasteiger partial charge in [0.1, 0.15) is 0 Å². The quantitative estimate of drug-likeness (QED) is 0.0897. The van der Waals surface area contributed by atoms with Gasteiger partial charge in [0.2, 0.25) is 0 Å². The largest absolute Gasteiger partial charge is 2.00 e. The zero-order valence-corrected chi connectivity index (χ0v) is 55.1. The van der Waals surface area contributed by atoms with E-state index in [9.17, 15) is 0 Å². The average molecular weight is 1380 g/mol. The van der Waals surface area contributed by atoms with Crippen LogP contribution in [0.4, 0.5) is 34.1 Å². The standard InChI is InChI=1S/3C25H20N4.4ClH.2Fe/c3*1-3-13-26-24(9-1)18-28-22-11-5-7-20(16-22)15-21-8-6-12-23(17-21)29-19-25-10-2-4-14-27-25;;;;;;/h3*1-14,16-19H,15H2;4*1H;;/q;;;;;;;2*+2/p-4. The number of hydrogen-bond donors (Lipinski definition) is 0. The molecule has 0 bridgehead atoms. The monoisotopic (exact) mass is 1380 g/mol. The number of hydrogen-bond acceptors (Lipinski definition) is 12. The first-order chi connectivity index (χ1) is 43.0. The summed E-state index contributed by atoms with van der Waals surface area (Å²) in [4.78, 5) is 52.8. The fourth-order valence-electron chi connectivity index (χ4n) is 8.75. The van der Waals surface area contributed by atoms with Crippen molar-refractivity contribution in [1.29, 1.82) is 0 Å². The van der Waals surface area contributed by atoms with Gasteiger partial charge in [-0.1, -0.05) is 109 Å².